The maximum Gasteiger partial charge on any atom is 0.213 e. The van der Waals surface area contributed by atoms with Crippen molar-refractivity contribution >= 4 is 29.9 Å². The molecule has 0 bridgehead atoms. The molecule has 1 heterocycles. The highest BCUT2D eigenvalue weighted by Crippen LogP contribution is 2.26. The van der Waals surface area contributed by atoms with E-state index >= 15 is 0 Å². The molecule has 0 aromatic carbocycles. The molecule has 0 atom stereocenters. The molecule has 1 aliphatic carbocycles. The van der Waals surface area contributed by atoms with Crippen LogP contribution < -0.4 is 10.5 Å². The van der Waals surface area contributed by atoms with Crippen LogP contribution in [0.15, 0.2) is 23.3 Å². The molecule has 0 spiro atoms. The Kier molecular flexibility index (Phi) is 9.39. The van der Waals surface area contributed by atoms with Gasteiger partial charge in [0.25, 0.3) is 0 Å². The Balaban J connectivity index is 0.00000288. The second kappa shape index (κ2) is 10.7. The topological polar surface area (TPSA) is 63.7 Å². The van der Waals surface area contributed by atoms with Crippen LogP contribution in [0.5, 0.6) is 5.88 Å². The lowest BCUT2D eigenvalue weighted by molar-refractivity contribution is 0.130. The Morgan fingerprint density at radius 1 is 1.29 bits per heavy atom. The quantitative estimate of drug-likeness (QED) is 0.410. The van der Waals surface area contributed by atoms with Crippen LogP contribution in [0.25, 0.3) is 0 Å². The van der Waals surface area contributed by atoms with Crippen LogP contribution in [-0.2, 0) is 6.54 Å². The van der Waals surface area contributed by atoms with Crippen molar-refractivity contribution in [3.63, 3.8) is 0 Å². The number of halogens is 1. The highest BCUT2D eigenvalue weighted by atomic mass is 127. The molecule has 2 rings (SSSR count). The lowest BCUT2D eigenvalue weighted by Crippen LogP contribution is -2.37. The maximum atomic E-state index is 6.04. The van der Waals surface area contributed by atoms with Crippen molar-refractivity contribution < 1.29 is 4.74 Å². The van der Waals surface area contributed by atoms with E-state index in [0.717, 1.165) is 37.4 Å². The predicted molar refractivity (Wildman–Crippen MR) is 110 cm³/mol. The first kappa shape index (κ1) is 21.0. The minimum atomic E-state index is 0. The Labute approximate surface area is 163 Å². The van der Waals surface area contributed by atoms with Gasteiger partial charge in [0.05, 0.1) is 6.54 Å². The van der Waals surface area contributed by atoms with Gasteiger partial charge in [-0.25, -0.2) is 9.98 Å². The summed E-state index contributed by atoms with van der Waals surface area (Å²) >= 11 is 0. The zero-order chi connectivity index (χ0) is 16.7. The third-order valence-electron chi connectivity index (χ3n) is 4.56. The maximum absolute atomic E-state index is 6.04. The lowest BCUT2D eigenvalue weighted by Gasteiger charge is -2.26. The summed E-state index contributed by atoms with van der Waals surface area (Å²) in [6.07, 6.45) is 6.84. The van der Waals surface area contributed by atoms with E-state index in [9.17, 15) is 0 Å². The largest absolute Gasteiger partial charge is 0.474 e. The average Bonchev–Trinajstić information content (AvgIpc) is 2.57. The van der Waals surface area contributed by atoms with Crippen molar-refractivity contribution in [1.29, 1.82) is 0 Å². The summed E-state index contributed by atoms with van der Waals surface area (Å²) in [6, 6.07) is 3.95. The number of nitrogens with two attached hydrogens (primary N) is 1. The molecule has 1 saturated carbocycles. The Bertz CT molecular complexity index is 511. The minimum Gasteiger partial charge on any atom is -0.474 e. The molecule has 5 nitrogen and oxygen atoms in total. The van der Waals surface area contributed by atoms with Crippen molar-refractivity contribution in [2.45, 2.75) is 59.1 Å². The molecule has 1 aromatic heterocycles. The number of pyridine rings is 1. The van der Waals surface area contributed by atoms with Gasteiger partial charge in [0.2, 0.25) is 5.88 Å². The molecule has 1 aliphatic rings. The normalized spacial score (nSPS) is 21.0. The van der Waals surface area contributed by atoms with E-state index in [1.165, 1.54) is 12.8 Å². The summed E-state index contributed by atoms with van der Waals surface area (Å²) in [5.41, 5.74) is 7.09. The van der Waals surface area contributed by atoms with Crippen LogP contribution in [0.3, 0.4) is 0 Å². The van der Waals surface area contributed by atoms with Crippen molar-refractivity contribution in [2.75, 3.05) is 13.1 Å². The third kappa shape index (κ3) is 6.45. The number of aliphatic imine (C=N–C) groups is 1. The molecular weight excluding hydrogens is 415 g/mol. The van der Waals surface area contributed by atoms with Gasteiger partial charge in [-0.15, -0.1) is 24.0 Å². The van der Waals surface area contributed by atoms with Crippen LogP contribution >= 0.6 is 24.0 Å². The van der Waals surface area contributed by atoms with Crippen LogP contribution in [0.1, 0.15) is 52.0 Å². The zero-order valence-corrected chi connectivity index (χ0v) is 17.4. The molecule has 6 heteroatoms. The van der Waals surface area contributed by atoms with E-state index < -0.39 is 0 Å². The van der Waals surface area contributed by atoms with E-state index in [-0.39, 0.29) is 24.0 Å². The van der Waals surface area contributed by atoms with Gasteiger partial charge < -0.3 is 15.4 Å². The van der Waals surface area contributed by atoms with Crippen LogP contribution in [0.4, 0.5) is 0 Å². The SMILES string of the molecule is CCN(CC)C(N)=NCc1ccnc(OC2CCC(C)CC2)c1.I. The van der Waals surface area contributed by atoms with Gasteiger partial charge in [-0.2, -0.15) is 0 Å². The number of aromatic nitrogens is 1. The summed E-state index contributed by atoms with van der Waals surface area (Å²) in [5, 5.41) is 0. The summed E-state index contributed by atoms with van der Waals surface area (Å²) in [6.45, 7) is 8.77. The second-order valence-corrected chi connectivity index (χ2v) is 6.35. The molecule has 0 aliphatic heterocycles. The molecule has 0 saturated heterocycles. The minimum absolute atomic E-state index is 0. The van der Waals surface area contributed by atoms with Gasteiger partial charge in [0.1, 0.15) is 6.10 Å². The number of guanidine groups is 1. The number of rotatable bonds is 6. The molecule has 0 unspecified atom stereocenters. The summed E-state index contributed by atoms with van der Waals surface area (Å²) in [4.78, 5) is 10.8. The summed E-state index contributed by atoms with van der Waals surface area (Å²) in [5.74, 6) is 2.13. The third-order valence-corrected chi connectivity index (χ3v) is 4.56. The molecule has 1 aromatic rings. The molecule has 0 amide bonds. The fraction of sp³-hybridized carbons (Fsp3) is 0.667. The van der Waals surface area contributed by atoms with Crippen LogP contribution in [0, 0.1) is 5.92 Å². The van der Waals surface area contributed by atoms with E-state index in [0.29, 0.717) is 24.5 Å². The van der Waals surface area contributed by atoms with Crippen molar-refractivity contribution in [2.24, 2.45) is 16.6 Å². The first-order valence-corrected chi connectivity index (χ1v) is 8.78. The van der Waals surface area contributed by atoms with Crippen molar-refractivity contribution in [3.05, 3.63) is 23.9 Å². The van der Waals surface area contributed by atoms with Gasteiger partial charge >= 0.3 is 0 Å². The Morgan fingerprint density at radius 2 is 1.96 bits per heavy atom. The first-order chi connectivity index (χ1) is 11.1. The highest BCUT2D eigenvalue weighted by Gasteiger charge is 2.19. The number of hydrogen-bond donors (Lipinski definition) is 1. The van der Waals surface area contributed by atoms with Gasteiger partial charge in [-0.3, -0.25) is 0 Å². The van der Waals surface area contributed by atoms with Gasteiger partial charge in [-0.1, -0.05) is 6.92 Å². The van der Waals surface area contributed by atoms with Gasteiger partial charge in [0.15, 0.2) is 5.96 Å². The first-order valence-electron chi connectivity index (χ1n) is 8.78. The Morgan fingerprint density at radius 3 is 2.58 bits per heavy atom. The molecule has 2 N–H and O–H groups in total. The molecular formula is C18H31IN4O. The fourth-order valence-corrected chi connectivity index (χ4v) is 2.95. The monoisotopic (exact) mass is 446 g/mol. The molecule has 24 heavy (non-hydrogen) atoms. The smallest absolute Gasteiger partial charge is 0.213 e. The van der Waals surface area contributed by atoms with E-state index in [4.69, 9.17) is 10.5 Å². The average molecular weight is 446 g/mol. The van der Waals surface area contributed by atoms with Crippen molar-refractivity contribution in [1.82, 2.24) is 9.88 Å². The number of nitrogens with zero attached hydrogens (tertiary/aromatic N) is 3. The molecule has 1 fully saturated rings. The van der Waals surface area contributed by atoms with E-state index in [1.807, 2.05) is 17.0 Å². The fourth-order valence-electron chi connectivity index (χ4n) is 2.95. The molecule has 136 valence electrons. The zero-order valence-electron chi connectivity index (χ0n) is 15.1. The van der Waals surface area contributed by atoms with Crippen LogP contribution in [-0.4, -0.2) is 35.0 Å². The van der Waals surface area contributed by atoms with Gasteiger partial charge in [0, 0.05) is 25.4 Å². The second-order valence-electron chi connectivity index (χ2n) is 6.35. The van der Waals surface area contributed by atoms with Crippen molar-refractivity contribution in [3.8, 4) is 5.88 Å². The Hall–Kier alpha value is -1.05. The summed E-state index contributed by atoms with van der Waals surface area (Å²) in [7, 11) is 0. The van der Waals surface area contributed by atoms with E-state index in [1.54, 1.807) is 6.20 Å². The van der Waals surface area contributed by atoms with Crippen LogP contribution in [0.2, 0.25) is 0 Å². The predicted octanol–water partition coefficient (Wildman–Crippen LogP) is 3.81. The standard InChI is InChI=1S/C18H30N4O.HI/c1-4-22(5-2)18(19)21-13-15-10-11-20-17(12-15)23-16-8-6-14(3)7-9-16;/h10-12,14,16H,4-9,13H2,1-3H3,(H2,19,21);1H. The van der Waals surface area contributed by atoms with E-state index in [2.05, 4.69) is 30.7 Å². The lowest BCUT2D eigenvalue weighted by atomic mass is 9.89. The number of hydrogen-bond acceptors (Lipinski definition) is 3. The summed E-state index contributed by atoms with van der Waals surface area (Å²) < 4.78 is 6.04. The molecule has 0 radical (unpaired) electrons. The van der Waals surface area contributed by atoms with Gasteiger partial charge in [-0.05, 0) is 57.1 Å². The number of ether oxygens (including phenoxy) is 1. The highest BCUT2D eigenvalue weighted by molar-refractivity contribution is 14.0.